The van der Waals surface area contributed by atoms with Crippen LogP contribution in [0.25, 0.3) is 0 Å². The molecule has 0 aliphatic rings. The number of sulfonamides is 1. The van der Waals surface area contributed by atoms with Crippen LogP contribution in [0.4, 0.5) is 0 Å². The number of nitrogens with zero attached hydrogens (tertiary/aromatic N) is 1. The van der Waals surface area contributed by atoms with E-state index >= 15 is 0 Å². The Morgan fingerprint density at radius 2 is 1.68 bits per heavy atom. The molecule has 116 valence electrons. The van der Waals surface area contributed by atoms with Gasteiger partial charge in [0.05, 0.1) is 15.1 Å². The van der Waals surface area contributed by atoms with Crippen molar-refractivity contribution in [3.63, 3.8) is 0 Å². The molecule has 0 saturated heterocycles. The van der Waals surface area contributed by atoms with E-state index in [4.69, 9.17) is 0 Å². The highest BCUT2D eigenvalue weighted by Crippen LogP contribution is 2.27. The number of halogens is 2. The minimum absolute atomic E-state index is 0.307. The summed E-state index contributed by atoms with van der Waals surface area (Å²) in [4.78, 5) is 0.307. The van der Waals surface area contributed by atoms with Crippen LogP contribution in [0.5, 0.6) is 0 Å². The molecule has 0 unspecified atom stereocenters. The van der Waals surface area contributed by atoms with Gasteiger partial charge >= 0.3 is 0 Å². The Labute approximate surface area is 158 Å². The summed E-state index contributed by atoms with van der Waals surface area (Å²) in [5.74, 6) is 0. The summed E-state index contributed by atoms with van der Waals surface area (Å²) in [7, 11) is -3.57. The quantitative estimate of drug-likeness (QED) is 0.403. The first-order valence-corrected chi connectivity index (χ1v) is 10.3. The molecule has 0 N–H and O–H groups in total. The van der Waals surface area contributed by atoms with Gasteiger partial charge in [-0.2, -0.15) is 0 Å². The summed E-state index contributed by atoms with van der Waals surface area (Å²) in [6.45, 7) is 2.25. The van der Waals surface area contributed by atoms with Crippen LogP contribution in [-0.4, -0.2) is 12.7 Å². The van der Waals surface area contributed by atoms with Crippen LogP contribution in [0.15, 0.2) is 67.3 Å². The molecule has 0 aromatic heterocycles. The Balaban J connectivity index is 2.42. The van der Waals surface area contributed by atoms with Gasteiger partial charge in [0, 0.05) is 4.08 Å². The molecule has 0 radical (unpaired) electrons. The van der Waals surface area contributed by atoms with E-state index in [1.165, 1.54) is 4.31 Å². The highest BCUT2D eigenvalue weighted by Gasteiger charge is 2.25. The van der Waals surface area contributed by atoms with Crippen molar-refractivity contribution in [3.8, 4) is 0 Å². The Kier molecular flexibility index (Phi) is 6.27. The van der Waals surface area contributed by atoms with E-state index in [1.54, 1.807) is 16.2 Å². The van der Waals surface area contributed by atoms with Gasteiger partial charge in [-0.15, -0.1) is 0 Å². The zero-order chi connectivity index (χ0) is 16.2. The SMILES string of the molecule is Cc1ccc(S(=O)(=O)N(Cc2ccccc2)/C(I)=C/I)cc1. The lowest BCUT2D eigenvalue weighted by atomic mass is 10.2. The molecule has 0 fully saturated rings. The average Bonchev–Trinajstić information content (AvgIpc) is 2.53. The zero-order valence-electron chi connectivity index (χ0n) is 11.9. The maximum absolute atomic E-state index is 12.9. The maximum atomic E-state index is 12.9. The lowest BCUT2D eigenvalue weighted by Gasteiger charge is -2.23. The summed E-state index contributed by atoms with van der Waals surface area (Å²) >= 11 is 4.11. The van der Waals surface area contributed by atoms with Crippen LogP contribution in [0.3, 0.4) is 0 Å². The predicted octanol–water partition coefficient (Wildman–Crippen LogP) is 4.85. The molecule has 2 aromatic rings. The first-order valence-electron chi connectivity index (χ1n) is 6.54. The minimum atomic E-state index is -3.57. The molecule has 0 aliphatic carbocycles. The van der Waals surface area contributed by atoms with Crippen molar-refractivity contribution in [2.75, 3.05) is 0 Å². The van der Waals surface area contributed by atoms with Gasteiger partial charge in [0.1, 0.15) is 0 Å². The van der Waals surface area contributed by atoms with Crippen LogP contribution >= 0.6 is 45.2 Å². The first kappa shape index (κ1) is 17.7. The summed E-state index contributed by atoms with van der Waals surface area (Å²) in [5.41, 5.74) is 1.98. The Morgan fingerprint density at radius 3 is 2.23 bits per heavy atom. The van der Waals surface area contributed by atoms with E-state index < -0.39 is 10.0 Å². The van der Waals surface area contributed by atoms with Crippen LogP contribution < -0.4 is 0 Å². The monoisotopic (exact) mass is 539 g/mol. The van der Waals surface area contributed by atoms with Crippen molar-refractivity contribution in [3.05, 3.63) is 73.5 Å². The number of rotatable bonds is 5. The molecule has 0 spiro atoms. The summed E-state index contributed by atoms with van der Waals surface area (Å²) in [6.07, 6.45) is 0. The fourth-order valence-electron chi connectivity index (χ4n) is 1.92. The van der Waals surface area contributed by atoms with E-state index in [1.807, 2.05) is 49.4 Å². The van der Waals surface area contributed by atoms with Gasteiger partial charge in [-0.3, -0.25) is 4.31 Å². The molecule has 6 heteroatoms. The molecular weight excluding hydrogens is 524 g/mol. The van der Waals surface area contributed by atoms with Gasteiger partial charge in [-0.05, 0) is 47.2 Å². The Morgan fingerprint density at radius 1 is 1.09 bits per heavy atom. The van der Waals surface area contributed by atoms with Crippen LogP contribution in [-0.2, 0) is 16.6 Å². The number of hydrogen-bond acceptors (Lipinski definition) is 2. The fraction of sp³-hybridized carbons (Fsp3) is 0.125. The molecule has 3 nitrogen and oxygen atoms in total. The fourth-order valence-corrected chi connectivity index (χ4v) is 4.73. The Hall–Kier alpha value is -0.610. The molecule has 0 bridgehead atoms. The summed E-state index contributed by atoms with van der Waals surface area (Å²) in [6, 6.07) is 16.5. The van der Waals surface area contributed by atoms with E-state index in [9.17, 15) is 8.42 Å². The normalized spacial score (nSPS) is 12.2. The lowest BCUT2D eigenvalue weighted by Crippen LogP contribution is -2.28. The second-order valence-corrected chi connectivity index (χ2v) is 8.33. The van der Waals surface area contributed by atoms with E-state index in [2.05, 4.69) is 45.2 Å². The molecule has 0 aliphatic heterocycles. The van der Waals surface area contributed by atoms with Crippen molar-refractivity contribution in [2.45, 2.75) is 18.4 Å². The average molecular weight is 539 g/mol. The van der Waals surface area contributed by atoms with E-state index in [0.29, 0.717) is 15.1 Å². The first-order chi connectivity index (χ1) is 10.4. The lowest BCUT2D eigenvalue weighted by molar-refractivity contribution is 0.493. The van der Waals surface area contributed by atoms with E-state index in [0.717, 1.165) is 11.1 Å². The second-order valence-electron chi connectivity index (χ2n) is 4.74. The maximum Gasteiger partial charge on any atom is 0.264 e. The number of benzene rings is 2. The van der Waals surface area contributed by atoms with Crippen LogP contribution in [0.1, 0.15) is 11.1 Å². The molecule has 0 heterocycles. The topological polar surface area (TPSA) is 37.4 Å². The Bertz CT molecular complexity index is 756. The van der Waals surface area contributed by atoms with Crippen LogP contribution in [0, 0.1) is 6.92 Å². The van der Waals surface area contributed by atoms with Crippen LogP contribution in [0.2, 0.25) is 0 Å². The minimum Gasteiger partial charge on any atom is -0.256 e. The van der Waals surface area contributed by atoms with Gasteiger partial charge in [0.2, 0.25) is 0 Å². The molecule has 0 amide bonds. The van der Waals surface area contributed by atoms with Gasteiger partial charge in [-0.1, -0.05) is 70.6 Å². The third-order valence-electron chi connectivity index (χ3n) is 3.11. The van der Waals surface area contributed by atoms with E-state index in [-0.39, 0.29) is 0 Å². The number of aryl methyl sites for hydroxylation is 1. The highest BCUT2D eigenvalue weighted by molar-refractivity contribution is 14.1. The molecule has 2 aromatic carbocycles. The smallest absolute Gasteiger partial charge is 0.256 e. The van der Waals surface area contributed by atoms with Gasteiger partial charge in [0.15, 0.2) is 0 Å². The zero-order valence-corrected chi connectivity index (χ0v) is 17.0. The van der Waals surface area contributed by atoms with Crippen molar-refractivity contribution >= 4 is 55.2 Å². The van der Waals surface area contributed by atoms with Crippen molar-refractivity contribution < 1.29 is 8.42 Å². The van der Waals surface area contributed by atoms with Crippen molar-refractivity contribution in [1.29, 1.82) is 0 Å². The van der Waals surface area contributed by atoms with Gasteiger partial charge in [0.25, 0.3) is 10.0 Å². The molecule has 22 heavy (non-hydrogen) atoms. The number of hydrogen-bond donors (Lipinski definition) is 0. The molecule has 2 rings (SSSR count). The second kappa shape index (κ2) is 7.78. The standard InChI is InChI=1S/C16H15I2NO2S/c1-13-7-9-15(10-8-13)22(20,21)19(16(18)11-17)12-14-5-3-2-4-6-14/h2-11H,12H2,1H3/b16-11+. The van der Waals surface area contributed by atoms with Crippen molar-refractivity contribution in [2.24, 2.45) is 0 Å². The van der Waals surface area contributed by atoms with Gasteiger partial charge in [-0.25, -0.2) is 8.42 Å². The summed E-state index contributed by atoms with van der Waals surface area (Å²) in [5, 5.41) is 0. The highest BCUT2D eigenvalue weighted by atomic mass is 127. The summed E-state index contributed by atoms with van der Waals surface area (Å²) < 4.78 is 29.7. The molecular formula is C16H15I2NO2S. The largest absolute Gasteiger partial charge is 0.264 e. The predicted molar refractivity (Wildman–Crippen MR) is 106 cm³/mol. The molecule has 0 atom stereocenters. The van der Waals surface area contributed by atoms with Crippen molar-refractivity contribution in [1.82, 2.24) is 4.31 Å². The third kappa shape index (κ3) is 4.23. The molecule has 0 saturated carbocycles. The third-order valence-corrected chi connectivity index (χ3v) is 7.88. The van der Waals surface area contributed by atoms with Gasteiger partial charge < -0.3 is 0 Å².